The largest absolute Gasteiger partial charge is 0.375 e. The highest BCUT2D eigenvalue weighted by Crippen LogP contribution is 2.09. The van der Waals surface area contributed by atoms with Gasteiger partial charge >= 0.3 is 0 Å². The fourth-order valence-corrected chi connectivity index (χ4v) is 1.58. The van der Waals surface area contributed by atoms with Crippen LogP contribution in [0.15, 0.2) is 48.7 Å². The topological polar surface area (TPSA) is 51.2 Å². The zero-order valence-corrected chi connectivity index (χ0v) is 11.1. The second-order valence-corrected chi connectivity index (χ2v) is 4.03. The summed E-state index contributed by atoms with van der Waals surface area (Å²) in [4.78, 5) is 15.6. The Morgan fingerprint density at radius 1 is 1.25 bits per heavy atom. The molecule has 4 heteroatoms. The molecule has 0 spiro atoms. The van der Waals surface area contributed by atoms with Crippen molar-refractivity contribution in [2.45, 2.75) is 0 Å². The quantitative estimate of drug-likeness (QED) is 0.865. The number of hydrogen-bond donors (Lipinski definition) is 1. The van der Waals surface area contributed by atoms with E-state index < -0.39 is 0 Å². The molecule has 0 atom stereocenters. The molecule has 20 heavy (non-hydrogen) atoms. The van der Waals surface area contributed by atoms with Gasteiger partial charge in [-0.2, -0.15) is 0 Å². The second-order valence-electron chi connectivity index (χ2n) is 4.03. The minimum Gasteiger partial charge on any atom is -0.375 e. The van der Waals surface area contributed by atoms with Crippen molar-refractivity contribution in [3.63, 3.8) is 0 Å². The van der Waals surface area contributed by atoms with Crippen molar-refractivity contribution in [2.75, 3.05) is 19.0 Å². The molecule has 1 aromatic carbocycles. The summed E-state index contributed by atoms with van der Waals surface area (Å²) < 4.78 is 4.76. The number of methoxy groups -OCH3 is 1. The Labute approximate surface area is 117 Å². The van der Waals surface area contributed by atoms with Crippen molar-refractivity contribution < 1.29 is 9.53 Å². The summed E-state index contributed by atoms with van der Waals surface area (Å²) in [6.45, 7) is 0.0316. The number of nitrogens with zero attached hydrogens (tertiary/aromatic N) is 1. The van der Waals surface area contributed by atoms with Crippen LogP contribution in [0.2, 0.25) is 0 Å². The number of nitrogens with one attached hydrogen (secondary N) is 1. The molecular formula is C16H14N2O2. The van der Waals surface area contributed by atoms with E-state index in [4.69, 9.17) is 4.74 Å². The number of amides is 1. The molecule has 0 saturated carbocycles. The molecule has 0 bridgehead atoms. The van der Waals surface area contributed by atoms with Gasteiger partial charge < -0.3 is 10.1 Å². The van der Waals surface area contributed by atoms with E-state index in [1.165, 1.54) is 7.11 Å². The maximum atomic E-state index is 11.4. The molecule has 0 aliphatic carbocycles. The molecule has 4 nitrogen and oxygen atoms in total. The van der Waals surface area contributed by atoms with Gasteiger partial charge in [0, 0.05) is 24.6 Å². The first-order valence-corrected chi connectivity index (χ1v) is 6.10. The number of carbonyl (C=O) groups is 1. The summed E-state index contributed by atoms with van der Waals surface area (Å²) in [6.07, 6.45) is 1.70. The fraction of sp³-hybridized carbons (Fsp3) is 0.125. The smallest absolute Gasteiger partial charge is 0.250 e. The number of hydrogen-bond acceptors (Lipinski definition) is 3. The summed E-state index contributed by atoms with van der Waals surface area (Å²) in [7, 11) is 1.48. The van der Waals surface area contributed by atoms with Gasteiger partial charge in [0.15, 0.2) is 0 Å². The van der Waals surface area contributed by atoms with Crippen LogP contribution in [0.5, 0.6) is 0 Å². The summed E-state index contributed by atoms with van der Waals surface area (Å²) in [6, 6.07) is 12.9. The third kappa shape index (κ3) is 4.23. The van der Waals surface area contributed by atoms with Crippen LogP contribution in [0.25, 0.3) is 0 Å². The molecule has 0 unspecified atom stereocenters. The standard InChI is InChI=1S/C16H14N2O2/c1-20-12-16(19)18-15-7-4-5-13(11-15)8-9-14-6-2-3-10-17-14/h2-7,10-11H,12H2,1H3,(H,18,19). The van der Waals surface area contributed by atoms with Crippen LogP contribution in [0.4, 0.5) is 5.69 Å². The van der Waals surface area contributed by atoms with Crippen molar-refractivity contribution in [1.82, 2.24) is 4.98 Å². The van der Waals surface area contributed by atoms with Gasteiger partial charge in [0.2, 0.25) is 5.91 Å². The molecule has 0 radical (unpaired) electrons. The third-order valence-electron chi connectivity index (χ3n) is 2.42. The summed E-state index contributed by atoms with van der Waals surface area (Å²) in [5.74, 6) is 5.79. The second kappa shape index (κ2) is 7.07. The third-order valence-corrected chi connectivity index (χ3v) is 2.42. The molecule has 1 aromatic heterocycles. The number of carbonyl (C=O) groups excluding carboxylic acids is 1. The van der Waals surface area contributed by atoms with E-state index in [9.17, 15) is 4.79 Å². The highest BCUT2D eigenvalue weighted by atomic mass is 16.5. The predicted octanol–water partition coefficient (Wildman–Crippen LogP) is 2.07. The molecule has 1 heterocycles. The number of anilines is 1. The van der Waals surface area contributed by atoms with Gasteiger partial charge in [-0.25, -0.2) is 4.98 Å². The summed E-state index contributed by atoms with van der Waals surface area (Å²) >= 11 is 0. The lowest BCUT2D eigenvalue weighted by Crippen LogP contribution is -2.17. The van der Waals surface area contributed by atoms with Crippen LogP contribution in [-0.4, -0.2) is 24.6 Å². The zero-order chi connectivity index (χ0) is 14.2. The average molecular weight is 266 g/mol. The zero-order valence-electron chi connectivity index (χ0n) is 11.1. The monoisotopic (exact) mass is 266 g/mol. The number of aromatic nitrogens is 1. The van der Waals surface area contributed by atoms with Crippen molar-refractivity contribution >= 4 is 11.6 Å². The van der Waals surface area contributed by atoms with E-state index in [0.29, 0.717) is 11.4 Å². The maximum Gasteiger partial charge on any atom is 0.250 e. The number of benzene rings is 1. The van der Waals surface area contributed by atoms with Crippen molar-refractivity contribution in [2.24, 2.45) is 0 Å². The number of pyridine rings is 1. The highest BCUT2D eigenvalue weighted by molar-refractivity contribution is 5.91. The van der Waals surface area contributed by atoms with Gasteiger partial charge in [0.25, 0.3) is 0 Å². The maximum absolute atomic E-state index is 11.4. The summed E-state index contributed by atoms with van der Waals surface area (Å²) in [5.41, 5.74) is 2.21. The Bertz CT molecular complexity index is 642. The highest BCUT2D eigenvalue weighted by Gasteiger charge is 2.01. The van der Waals surface area contributed by atoms with E-state index >= 15 is 0 Å². The first-order valence-electron chi connectivity index (χ1n) is 6.10. The van der Waals surface area contributed by atoms with Crippen LogP contribution in [0.3, 0.4) is 0 Å². The Kier molecular flexibility index (Phi) is 4.87. The molecule has 1 amide bonds. The fourth-order valence-electron chi connectivity index (χ4n) is 1.58. The van der Waals surface area contributed by atoms with Gasteiger partial charge in [-0.05, 0) is 36.3 Å². The van der Waals surface area contributed by atoms with Crippen molar-refractivity contribution in [1.29, 1.82) is 0 Å². The van der Waals surface area contributed by atoms with Gasteiger partial charge in [0.05, 0.1) is 0 Å². The minimum absolute atomic E-state index is 0.0316. The molecule has 0 saturated heterocycles. The van der Waals surface area contributed by atoms with Crippen molar-refractivity contribution in [3.8, 4) is 11.8 Å². The minimum atomic E-state index is -0.192. The van der Waals surface area contributed by atoms with E-state index in [2.05, 4.69) is 22.1 Å². The molecule has 2 aromatic rings. The lowest BCUT2D eigenvalue weighted by Gasteiger charge is -2.04. The van der Waals surface area contributed by atoms with Crippen LogP contribution in [0.1, 0.15) is 11.3 Å². The van der Waals surface area contributed by atoms with Crippen molar-refractivity contribution in [3.05, 3.63) is 59.9 Å². The Balaban J connectivity index is 2.11. The van der Waals surface area contributed by atoms with Gasteiger partial charge in [-0.15, -0.1) is 0 Å². The van der Waals surface area contributed by atoms with Gasteiger partial charge in [-0.1, -0.05) is 18.1 Å². The number of rotatable bonds is 3. The molecule has 100 valence electrons. The van der Waals surface area contributed by atoms with Crippen LogP contribution >= 0.6 is 0 Å². The SMILES string of the molecule is COCC(=O)Nc1cccc(C#Cc2ccccn2)c1. The number of ether oxygens (including phenoxy) is 1. The Morgan fingerprint density at radius 3 is 2.90 bits per heavy atom. The molecule has 1 N–H and O–H groups in total. The summed E-state index contributed by atoms with van der Waals surface area (Å²) in [5, 5.41) is 2.73. The first kappa shape index (κ1) is 13.8. The molecule has 0 aliphatic rings. The normalized spacial score (nSPS) is 9.45. The first-order chi connectivity index (χ1) is 9.78. The molecular weight excluding hydrogens is 252 g/mol. The molecule has 0 aliphatic heterocycles. The molecule has 0 fully saturated rings. The van der Waals surface area contributed by atoms with E-state index in [1.807, 2.05) is 36.4 Å². The van der Waals surface area contributed by atoms with Crippen LogP contribution in [-0.2, 0) is 9.53 Å². The van der Waals surface area contributed by atoms with Gasteiger partial charge in [-0.3, -0.25) is 4.79 Å². The Hall–Kier alpha value is -2.64. The van der Waals surface area contributed by atoms with E-state index in [1.54, 1.807) is 12.3 Å². The van der Waals surface area contributed by atoms with Gasteiger partial charge in [0.1, 0.15) is 12.3 Å². The lowest BCUT2D eigenvalue weighted by atomic mass is 10.2. The van der Waals surface area contributed by atoms with E-state index in [-0.39, 0.29) is 12.5 Å². The van der Waals surface area contributed by atoms with E-state index in [0.717, 1.165) is 5.56 Å². The predicted molar refractivity (Wildman–Crippen MR) is 77.2 cm³/mol. The Morgan fingerprint density at radius 2 is 2.15 bits per heavy atom. The molecule has 2 rings (SSSR count). The average Bonchev–Trinajstić information content (AvgIpc) is 2.47. The van der Waals surface area contributed by atoms with Crippen LogP contribution in [0, 0.1) is 11.8 Å². The lowest BCUT2D eigenvalue weighted by molar-refractivity contribution is -0.119. The van der Waals surface area contributed by atoms with Crippen LogP contribution < -0.4 is 5.32 Å².